The molecule has 1 heterocycles. The summed E-state index contributed by atoms with van der Waals surface area (Å²) in [7, 11) is 0. The first-order chi connectivity index (χ1) is 6.68. The summed E-state index contributed by atoms with van der Waals surface area (Å²) in [5.74, 6) is 7.00. The average Bonchev–Trinajstić information content (AvgIpc) is 2.12. The van der Waals surface area contributed by atoms with E-state index in [9.17, 15) is 0 Å². The second-order valence-corrected chi connectivity index (χ2v) is 3.38. The molecule has 0 atom stereocenters. The second kappa shape index (κ2) is 5.29. The van der Waals surface area contributed by atoms with Crippen molar-refractivity contribution in [2.75, 3.05) is 6.61 Å². The van der Waals surface area contributed by atoms with Crippen molar-refractivity contribution >= 4 is 0 Å². The first kappa shape index (κ1) is 10.6. The van der Waals surface area contributed by atoms with Gasteiger partial charge in [0.1, 0.15) is 0 Å². The number of hydrogen-bond donors (Lipinski definition) is 0. The number of pyridine rings is 1. The maximum Gasteiger partial charge on any atom is 0.214 e. The molecular weight excluding hydrogens is 174 g/mol. The maximum atomic E-state index is 5.35. The average molecular weight is 189 g/mol. The Morgan fingerprint density at radius 3 is 2.86 bits per heavy atom. The molecule has 0 amide bonds. The van der Waals surface area contributed by atoms with E-state index >= 15 is 0 Å². The van der Waals surface area contributed by atoms with E-state index in [0.29, 0.717) is 18.4 Å². The molecule has 0 unspecified atom stereocenters. The van der Waals surface area contributed by atoms with Gasteiger partial charge in [-0.3, -0.25) is 0 Å². The molecule has 14 heavy (non-hydrogen) atoms. The molecule has 0 aliphatic heterocycles. The molecule has 0 bridgehead atoms. The van der Waals surface area contributed by atoms with Gasteiger partial charge in [-0.15, -0.1) is 0 Å². The summed E-state index contributed by atoms with van der Waals surface area (Å²) in [6.45, 7) is 6.46. The van der Waals surface area contributed by atoms with Crippen LogP contribution in [0.2, 0.25) is 0 Å². The summed E-state index contributed by atoms with van der Waals surface area (Å²) in [6.07, 6.45) is 0. The minimum absolute atomic E-state index is 0.393. The third kappa shape index (κ3) is 3.95. The number of aromatic nitrogens is 1. The molecule has 2 nitrogen and oxygen atoms in total. The summed E-state index contributed by atoms with van der Waals surface area (Å²) >= 11 is 0. The predicted octanol–water partition coefficient (Wildman–Crippen LogP) is 2.43. The van der Waals surface area contributed by atoms with Crippen LogP contribution in [-0.2, 0) is 0 Å². The molecule has 1 aromatic rings. The zero-order valence-corrected chi connectivity index (χ0v) is 8.87. The van der Waals surface area contributed by atoms with Crippen LogP contribution in [0.25, 0.3) is 0 Å². The molecule has 1 rings (SSSR count). The molecule has 2 heteroatoms. The second-order valence-electron chi connectivity index (χ2n) is 3.38. The van der Waals surface area contributed by atoms with Crippen molar-refractivity contribution in [3.05, 3.63) is 23.9 Å². The van der Waals surface area contributed by atoms with Gasteiger partial charge in [0, 0.05) is 17.7 Å². The summed E-state index contributed by atoms with van der Waals surface area (Å²) in [6, 6.07) is 5.70. The van der Waals surface area contributed by atoms with Crippen molar-refractivity contribution < 1.29 is 4.74 Å². The van der Waals surface area contributed by atoms with Crippen molar-refractivity contribution in [1.29, 1.82) is 0 Å². The van der Waals surface area contributed by atoms with Crippen molar-refractivity contribution in [3.63, 3.8) is 0 Å². The number of nitrogens with zero attached hydrogens (tertiary/aromatic N) is 1. The Hall–Kier alpha value is -1.49. The number of hydrogen-bond acceptors (Lipinski definition) is 2. The maximum absolute atomic E-state index is 5.35. The van der Waals surface area contributed by atoms with Gasteiger partial charge in [-0.1, -0.05) is 31.8 Å². The summed E-state index contributed by atoms with van der Waals surface area (Å²) < 4.78 is 5.35. The van der Waals surface area contributed by atoms with E-state index < -0.39 is 0 Å². The van der Waals surface area contributed by atoms with E-state index in [2.05, 4.69) is 30.7 Å². The van der Waals surface area contributed by atoms with Gasteiger partial charge in [0.25, 0.3) is 0 Å². The smallest absolute Gasteiger partial charge is 0.214 e. The molecule has 0 spiro atoms. The Balaban J connectivity index is 2.43. The molecule has 0 aliphatic rings. The fourth-order valence-electron chi connectivity index (χ4n) is 0.954. The van der Waals surface area contributed by atoms with E-state index in [0.717, 1.165) is 5.69 Å². The van der Waals surface area contributed by atoms with Crippen LogP contribution < -0.4 is 4.74 Å². The van der Waals surface area contributed by atoms with Crippen LogP contribution >= 0.6 is 0 Å². The lowest BCUT2D eigenvalue weighted by atomic mass is 10.2. The first-order valence-electron chi connectivity index (χ1n) is 4.73. The highest BCUT2D eigenvalue weighted by Gasteiger charge is 1.92. The van der Waals surface area contributed by atoms with Crippen molar-refractivity contribution in [2.24, 2.45) is 5.92 Å². The number of ether oxygens (including phenoxy) is 1. The normalized spacial score (nSPS) is 9.43. The fraction of sp³-hybridized carbons (Fsp3) is 0.417. The van der Waals surface area contributed by atoms with Crippen molar-refractivity contribution in [1.82, 2.24) is 4.98 Å². The Bertz CT molecular complexity index is 347. The zero-order valence-electron chi connectivity index (χ0n) is 8.87. The van der Waals surface area contributed by atoms with Crippen LogP contribution in [0.1, 0.15) is 19.5 Å². The molecule has 0 fully saturated rings. The minimum Gasteiger partial charge on any atom is -0.464 e. The third-order valence-corrected chi connectivity index (χ3v) is 1.55. The quantitative estimate of drug-likeness (QED) is 0.666. The zero-order chi connectivity index (χ0) is 10.4. The van der Waals surface area contributed by atoms with Gasteiger partial charge >= 0.3 is 0 Å². The highest BCUT2D eigenvalue weighted by Crippen LogP contribution is 2.05. The van der Waals surface area contributed by atoms with Crippen LogP contribution in [-0.4, -0.2) is 11.6 Å². The predicted molar refractivity (Wildman–Crippen MR) is 57.1 cm³/mol. The highest BCUT2D eigenvalue weighted by molar-refractivity contribution is 5.15. The van der Waals surface area contributed by atoms with Crippen LogP contribution in [0.15, 0.2) is 18.2 Å². The van der Waals surface area contributed by atoms with Gasteiger partial charge in [-0.25, -0.2) is 4.98 Å². The molecule has 0 saturated heterocycles. The van der Waals surface area contributed by atoms with Crippen molar-refractivity contribution in [3.8, 4) is 17.7 Å². The number of rotatable bonds is 2. The third-order valence-electron chi connectivity index (χ3n) is 1.55. The van der Waals surface area contributed by atoms with Gasteiger partial charge < -0.3 is 4.74 Å². The Morgan fingerprint density at radius 2 is 2.21 bits per heavy atom. The molecular formula is C12H15NO. The van der Waals surface area contributed by atoms with Crippen molar-refractivity contribution in [2.45, 2.75) is 20.8 Å². The molecule has 74 valence electrons. The SMILES string of the molecule is Cc1cccc(OCC#CC(C)C)n1. The van der Waals surface area contributed by atoms with E-state index in [-0.39, 0.29) is 0 Å². The monoisotopic (exact) mass is 189 g/mol. The Kier molecular flexibility index (Phi) is 4.00. The summed E-state index contributed by atoms with van der Waals surface area (Å²) in [5, 5.41) is 0. The van der Waals surface area contributed by atoms with Crippen LogP contribution in [0.4, 0.5) is 0 Å². The van der Waals surface area contributed by atoms with Gasteiger partial charge in [-0.05, 0) is 13.0 Å². The van der Waals surface area contributed by atoms with Crippen LogP contribution in [0, 0.1) is 24.7 Å². The summed E-state index contributed by atoms with van der Waals surface area (Å²) in [4.78, 5) is 4.20. The van der Waals surface area contributed by atoms with Gasteiger partial charge in [0.2, 0.25) is 5.88 Å². The van der Waals surface area contributed by atoms with E-state index in [1.165, 1.54) is 0 Å². The largest absolute Gasteiger partial charge is 0.464 e. The molecule has 0 saturated carbocycles. The minimum atomic E-state index is 0.393. The van der Waals surface area contributed by atoms with Crippen LogP contribution in [0.3, 0.4) is 0 Å². The van der Waals surface area contributed by atoms with E-state index in [4.69, 9.17) is 4.74 Å². The van der Waals surface area contributed by atoms with Gasteiger partial charge in [0.15, 0.2) is 6.61 Å². The molecule has 0 radical (unpaired) electrons. The van der Waals surface area contributed by atoms with E-state index in [1.54, 1.807) is 0 Å². The molecule has 0 aliphatic carbocycles. The lowest BCUT2D eigenvalue weighted by Crippen LogP contribution is -1.97. The fourth-order valence-corrected chi connectivity index (χ4v) is 0.954. The Morgan fingerprint density at radius 1 is 1.43 bits per heavy atom. The standard InChI is InChI=1S/C12H15NO/c1-10(2)6-5-9-14-12-8-4-7-11(3)13-12/h4,7-8,10H,9H2,1-3H3. The number of aryl methyl sites for hydroxylation is 1. The lowest BCUT2D eigenvalue weighted by molar-refractivity contribution is 0.354. The van der Waals surface area contributed by atoms with E-state index in [1.807, 2.05) is 25.1 Å². The molecule has 0 N–H and O–H groups in total. The van der Waals surface area contributed by atoms with Crippen LogP contribution in [0.5, 0.6) is 5.88 Å². The lowest BCUT2D eigenvalue weighted by Gasteiger charge is -2.00. The highest BCUT2D eigenvalue weighted by atomic mass is 16.5. The molecule has 0 aromatic carbocycles. The topological polar surface area (TPSA) is 22.1 Å². The van der Waals surface area contributed by atoms with Gasteiger partial charge in [-0.2, -0.15) is 0 Å². The van der Waals surface area contributed by atoms with Gasteiger partial charge in [0.05, 0.1) is 0 Å². The summed E-state index contributed by atoms with van der Waals surface area (Å²) in [5.41, 5.74) is 0.958. The Labute approximate surface area is 85.3 Å². The molecule has 1 aromatic heterocycles. The first-order valence-corrected chi connectivity index (χ1v) is 4.73.